The zero-order chi connectivity index (χ0) is 29.0. The number of rotatable bonds is 6. The second-order valence-electron chi connectivity index (χ2n) is 11.8. The van der Waals surface area contributed by atoms with Gasteiger partial charge in [-0.2, -0.15) is 5.26 Å². The van der Waals surface area contributed by atoms with E-state index >= 15 is 8.78 Å². The first-order chi connectivity index (χ1) is 18.3. The van der Waals surface area contributed by atoms with E-state index in [0.29, 0.717) is 18.4 Å². The first-order valence-electron chi connectivity index (χ1n) is 13.7. The summed E-state index contributed by atoms with van der Waals surface area (Å²) in [7, 11) is 0. The molecule has 0 aromatic heterocycles. The Hall–Kier alpha value is -2.80. The third-order valence-electron chi connectivity index (χ3n) is 10.3. The van der Waals surface area contributed by atoms with Gasteiger partial charge in [0.25, 0.3) is 0 Å². The number of ketones is 1. The van der Waals surface area contributed by atoms with Crippen LogP contribution in [-0.2, 0) is 23.8 Å². The molecular weight excluding hydrogens is 512 g/mol. The van der Waals surface area contributed by atoms with Gasteiger partial charge in [0.05, 0.1) is 6.10 Å². The van der Waals surface area contributed by atoms with Crippen LogP contribution in [0.25, 0.3) is 0 Å². The van der Waals surface area contributed by atoms with Crippen molar-refractivity contribution in [1.29, 1.82) is 5.26 Å². The maximum atomic E-state index is 17.6. The Balaban J connectivity index is 1.79. The number of fused-ring (bicyclic) bond motifs is 5. The molecule has 3 fully saturated rings. The highest BCUT2D eigenvalue weighted by atomic mass is 19.1. The number of hydrogen-bond donors (Lipinski definition) is 1. The summed E-state index contributed by atoms with van der Waals surface area (Å²) < 4.78 is 49.7. The van der Waals surface area contributed by atoms with Gasteiger partial charge in [-0.15, -0.1) is 0 Å². The largest absolute Gasteiger partial charge is 0.509 e. The molecule has 10 heteroatoms. The molecule has 8 nitrogen and oxygen atoms in total. The number of nitriles is 1. The van der Waals surface area contributed by atoms with E-state index in [1.807, 2.05) is 13.8 Å². The predicted molar refractivity (Wildman–Crippen MR) is 134 cm³/mol. The normalized spacial score (nSPS) is 40.9. The Bertz CT molecular complexity index is 1160. The maximum absolute atomic E-state index is 17.6. The van der Waals surface area contributed by atoms with Crippen LogP contribution in [0.1, 0.15) is 73.1 Å². The minimum Gasteiger partial charge on any atom is -0.447 e. The average Bonchev–Trinajstić information content (AvgIpc) is 3.16. The average molecular weight is 550 g/mol. The fourth-order valence-corrected chi connectivity index (χ4v) is 8.07. The smallest absolute Gasteiger partial charge is 0.447 e. The maximum Gasteiger partial charge on any atom is 0.509 e. The molecule has 0 spiro atoms. The van der Waals surface area contributed by atoms with Gasteiger partial charge in [-0.1, -0.05) is 26.3 Å². The van der Waals surface area contributed by atoms with Crippen LogP contribution < -0.4 is 0 Å². The van der Waals surface area contributed by atoms with Gasteiger partial charge in [0, 0.05) is 16.7 Å². The molecule has 0 radical (unpaired) electrons. The third kappa shape index (κ3) is 3.94. The molecule has 0 saturated heterocycles. The van der Waals surface area contributed by atoms with Crippen LogP contribution in [-0.4, -0.2) is 59.3 Å². The minimum absolute atomic E-state index is 0.0107. The SMILES string of the molecule is CCC(CC)OC(=O)O[C@@]1(C(=O)OCC#N)CC[C@H]2[C@@H]3C[C@H](F)C4=CC(=O)C=C(C)[C@]4(C)C3(F)[C@@H](O)C[C@@]21C. The van der Waals surface area contributed by atoms with Crippen molar-refractivity contribution in [2.45, 2.75) is 103 Å². The highest BCUT2D eigenvalue weighted by Crippen LogP contribution is 2.71. The summed E-state index contributed by atoms with van der Waals surface area (Å²) in [6, 6.07) is 1.72. The quantitative estimate of drug-likeness (QED) is 0.467. The lowest BCUT2D eigenvalue weighted by molar-refractivity contribution is -0.232. The number of ether oxygens (including phenoxy) is 3. The lowest BCUT2D eigenvalue weighted by atomic mass is 9.43. The van der Waals surface area contributed by atoms with E-state index < -0.39 is 76.8 Å². The topological polar surface area (TPSA) is 123 Å². The molecule has 4 aliphatic rings. The first kappa shape index (κ1) is 29.2. The summed E-state index contributed by atoms with van der Waals surface area (Å²) in [5, 5.41) is 20.6. The van der Waals surface area contributed by atoms with Crippen LogP contribution in [0, 0.1) is 34.0 Å². The molecule has 1 N–H and O–H groups in total. The number of carbonyl (C=O) groups is 3. The molecule has 1 unspecified atom stereocenters. The summed E-state index contributed by atoms with van der Waals surface area (Å²) in [5.74, 6) is -3.16. The predicted octanol–water partition coefficient (Wildman–Crippen LogP) is 4.84. The zero-order valence-electron chi connectivity index (χ0n) is 23.1. The van der Waals surface area contributed by atoms with E-state index in [1.165, 1.54) is 13.0 Å². The highest BCUT2D eigenvalue weighted by molar-refractivity contribution is 6.02. The molecule has 0 bridgehead atoms. The van der Waals surface area contributed by atoms with Gasteiger partial charge in [-0.05, 0) is 76.0 Å². The molecule has 0 amide bonds. The van der Waals surface area contributed by atoms with E-state index in [2.05, 4.69) is 0 Å². The zero-order valence-corrected chi connectivity index (χ0v) is 23.1. The Kier molecular flexibility index (Phi) is 7.48. The van der Waals surface area contributed by atoms with Crippen molar-refractivity contribution in [2.24, 2.45) is 22.7 Å². The van der Waals surface area contributed by atoms with Crippen LogP contribution in [0.3, 0.4) is 0 Å². The summed E-state index contributed by atoms with van der Waals surface area (Å²) in [4.78, 5) is 38.7. The molecule has 214 valence electrons. The molecule has 8 atom stereocenters. The molecule has 0 aromatic carbocycles. The van der Waals surface area contributed by atoms with Crippen LogP contribution >= 0.6 is 0 Å². The first-order valence-corrected chi connectivity index (χ1v) is 13.7. The van der Waals surface area contributed by atoms with Crippen molar-refractivity contribution < 1.29 is 42.5 Å². The second-order valence-corrected chi connectivity index (χ2v) is 11.8. The molecular formula is C29H37F2NO7. The van der Waals surface area contributed by atoms with Crippen molar-refractivity contribution in [3.05, 3.63) is 23.3 Å². The van der Waals surface area contributed by atoms with Gasteiger partial charge in [0.1, 0.15) is 18.3 Å². The molecule has 0 aromatic rings. The van der Waals surface area contributed by atoms with Crippen molar-refractivity contribution in [2.75, 3.05) is 6.61 Å². The Labute approximate surface area is 227 Å². The van der Waals surface area contributed by atoms with Crippen LogP contribution in [0.15, 0.2) is 23.3 Å². The van der Waals surface area contributed by atoms with Gasteiger partial charge in [0.15, 0.2) is 18.1 Å². The van der Waals surface area contributed by atoms with E-state index in [-0.39, 0.29) is 31.3 Å². The molecule has 0 aliphatic heterocycles. The van der Waals surface area contributed by atoms with E-state index in [0.717, 1.165) is 6.08 Å². The van der Waals surface area contributed by atoms with Gasteiger partial charge >= 0.3 is 12.1 Å². The van der Waals surface area contributed by atoms with Crippen molar-refractivity contribution in [3.63, 3.8) is 0 Å². The van der Waals surface area contributed by atoms with Gasteiger partial charge in [0.2, 0.25) is 5.60 Å². The Morgan fingerprint density at radius 3 is 2.51 bits per heavy atom. The number of esters is 1. The molecule has 3 saturated carbocycles. The number of halogens is 2. The van der Waals surface area contributed by atoms with Crippen molar-refractivity contribution >= 4 is 17.9 Å². The van der Waals surface area contributed by atoms with Crippen molar-refractivity contribution in [3.8, 4) is 6.07 Å². The van der Waals surface area contributed by atoms with Crippen LogP contribution in [0.2, 0.25) is 0 Å². The number of hydrogen-bond acceptors (Lipinski definition) is 8. The third-order valence-corrected chi connectivity index (χ3v) is 10.3. The standard InChI is InChI=1S/C29H37F2NO7/c1-6-18(7-2)38-25(36)39-28(24(35)37-11-10-32)9-8-19-20-14-22(30)21-13-17(33)12-16(3)27(21,5)29(20,31)23(34)15-26(19,28)4/h12-13,18-20,22-23,34H,6-9,11,14-15H2,1-5H3/t19-,20-,22-,23-,26-,27-,28+,29?/m0/s1. The molecule has 39 heavy (non-hydrogen) atoms. The molecule has 4 rings (SSSR count). The number of nitrogens with zero attached hydrogens (tertiary/aromatic N) is 1. The van der Waals surface area contributed by atoms with Crippen LogP contribution in [0.4, 0.5) is 13.6 Å². The van der Waals surface area contributed by atoms with Gasteiger partial charge < -0.3 is 19.3 Å². The molecule has 0 heterocycles. The lowest BCUT2D eigenvalue weighted by Crippen LogP contribution is -2.71. The van der Waals surface area contributed by atoms with Gasteiger partial charge in [-0.3, -0.25) is 4.79 Å². The fraction of sp³-hybridized carbons (Fsp3) is 0.724. The van der Waals surface area contributed by atoms with E-state index in [9.17, 15) is 19.5 Å². The van der Waals surface area contributed by atoms with E-state index in [1.54, 1.807) is 19.9 Å². The summed E-state index contributed by atoms with van der Waals surface area (Å²) in [6.07, 6.45) is -1.95. The monoisotopic (exact) mass is 549 g/mol. The Morgan fingerprint density at radius 1 is 1.23 bits per heavy atom. The van der Waals surface area contributed by atoms with Crippen molar-refractivity contribution in [1.82, 2.24) is 0 Å². The number of carbonyl (C=O) groups excluding carboxylic acids is 3. The summed E-state index contributed by atoms with van der Waals surface area (Å²) in [6.45, 7) is 7.78. The van der Waals surface area contributed by atoms with Gasteiger partial charge in [-0.25, -0.2) is 18.4 Å². The minimum atomic E-state index is -2.35. The Morgan fingerprint density at radius 2 is 1.90 bits per heavy atom. The fourth-order valence-electron chi connectivity index (χ4n) is 8.07. The summed E-state index contributed by atoms with van der Waals surface area (Å²) in [5.41, 5.74) is -6.93. The second kappa shape index (κ2) is 9.99. The van der Waals surface area contributed by atoms with E-state index in [4.69, 9.17) is 19.5 Å². The number of aliphatic hydroxyl groups is 1. The number of alkyl halides is 2. The summed E-state index contributed by atoms with van der Waals surface area (Å²) >= 11 is 0. The lowest BCUT2D eigenvalue weighted by Gasteiger charge is -2.63. The number of aliphatic hydroxyl groups excluding tert-OH is 1. The number of allylic oxidation sites excluding steroid dienone is 4. The molecule has 4 aliphatic carbocycles. The highest BCUT2D eigenvalue weighted by Gasteiger charge is 2.77. The van der Waals surface area contributed by atoms with Crippen LogP contribution in [0.5, 0.6) is 0 Å².